The lowest BCUT2D eigenvalue weighted by Gasteiger charge is -2.19. The summed E-state index contributed by atoms with van der Waals surface area (Å²) in [5.41, 5.74) is 3.41. The van der Waals surface area contributed by atoms with Crippen LogP contribution in [0, 0.1) is 0 Å². The third-order valence-corrected chi connectivity index (χ3v) is 3.71. The standard InChI is InChI=1S/C18H16N4O2/c1-2-23-18-20-17-15(21-22-18)13-10-6-7-11-14(13)19-16(24-17)12-8-4-3-5-9-12/h3-11,16,19H,2H2,1H3. The van der Waals surface area contributed by atoms with Crippen LogP contribution in [0.4, 0.5) is 5.69 Å². The van der Waals surface area contributed by atoms with Crippen LogP contribution < -0.4 is 14.8 Å². The molecule has 4 rings (SSSR count). The molecule has 0 bridgehead atoms. The summed E-state index contributed by atoms with van der Waals surface area (Å²) in [5.74, 6) is 0.403. The molecule has 1 N–H and O–H groups in total. The van der Waals surface area contributed by atoms with E-state index in [1.807, 2.05) is 61.5 Å². The molecule has 2 aromatic carbocycles. The number of benzene rings is 2. The van der Waals surface area contributed by atoms with E-state index in [-0.39, 0.29) is 12.2 Å². The van der Waals surface area contributed by atoms with Crippen molar-refractivity contribution in [3.8, 4) is 23.1 Å². The minimum atomic E-state index is -0.375. The maximum atomic E-state index is 6.11. The molecule has 24 heavy (non-hydrogen) atoms. The van der Waals surface area contributed by atoms with Crippen molar-refractivity contribution in [2.45, 2.75) is 13.2 Å². The first kappa shape index (κ1) is 14.4. The Morgan fingerprint density at radius 1 is 1.04 bits per heavy atom. The van der Waals surface area contributed by atoms with Crippen molar-refractivity contribution in [1.29, 1.82) is 0 Å². The number of ether oxygens (including phenoxy) is 2. The van der Waals surface area contributed by atoms with Crippen LogP contribution in [0.3, 0.4) is 0 Å². The van der Waals surface area contributed by atoms with Crippen LogP contribution in [0.5, 0.6) is 11.9 Å². The summed E-state index contributed by atoms with van der Waals surface area (Å²) in [4.78, 5) is 4.38. The fraction of sp³-hybridized carbons (Fsp3) is 0.167. The number of rotatable bonds is 3. The van der Waals surface area contributed by atoms with Gasteiger partial charge in [0.1, 0.15) is 0 Å². The lowest BCUT2D eigenvalue weighted by Crippen LogP contribution is -2.17. The van der Waals surface area contributed by atoms with Crippen molar-refractivity contribution < 1.29 is 9.47 Å². The quantitative estimate of drug-likeness (QED) is 0.797. The SMILES string of the molecule is CCOc1nnc2c(n1)OC(c1ccccc1)Nc1ccccc1-2. The third-order valence-electron chi connectivity index (χ3n) is 3.71. The van der Waals surface area contributed by atoms with Crippen molar-refractivity contribution >= 4 is 5.69 Å². The molecular formula is C18H16N4O2. The Hall–Kier alpha value is -3.15. The Morgan fingerprint density at radius 3 is 2.67 bits per heavy atom. The zero-order valence-electron chi connectivity index (χ0n) is 13.1. The molecule has 3 aromatic rings. The normalized spacial score (nSPS) is 15.3. The molecule has 6 nitrogen and oxygen atoms in total. The van der Waals surface area contributed by atoms with Crippen molar-refractivity contribution in [3.63, 3.8) is 0 Å². The van der Waals surface area contributed by atoms with Gasteiger partial charge in [0.05, 0.1) is 6.61 Å². The first-order chi connectivity index (χ1) is 11.8. The second-order valence-electron chi connectivity index (χ2n) is 5.28. The highest BCUT2D eigenvalue weighted by molar-refractivity contribution is 5.79. The number of aromatic nitrogens is 3. The van der Waals surface area contributed by atoms with E-state index in [2.05, 4.69) is 20.5 Å². The molecule has 0 amide bonds. The van der Waals surface area contributed by atoms with Crippen molar-refractivity contribution in [2.75, 3.05) is 11.9 Å². The Balaban J connectivity index is 1.84. The molecule has 0 saturated heterocycles. The van der Waals surface area contributed by atoms with Gasteiger partial charge < -0.3 is 14.8 Å². The summed E-state index contributed by atoms with van der Waals surface area (Å²) in [6.07, 6.45) is -0.375. The Bertz CT molecular complexity index is 855. The zero-order chi connectivity index (χ0) is 16.4. The fourth-order valence-electron chi connectivity index (χ4n) is 2.62. The summed E-state index contributed by atoms with van der Waals surface area (Å²) in [6.45, 7) is 2.34. The van der Waals surface area contributed by atoms with Gasteiger partial charge in [-0.05, 0) is 13.0 Å². The van der Waals surface area contributed by atoms with E-state index in [1.54, 1.807) is 0 Å². The van der Waals surface area contributed by atoms with E-state index >= 15 is 0 Å². The minimum Gasteiger partial charge on any atom is -0.463 e. The van der Waals surface area contributed by atoms with Crippen molar-refractivity contribution in [1.82, 2.24) is 15.2 Å². The number of hydrogen-bond acceptors (Lipinski definition) is 6. The molecule has 2 heterocycles. The largest absolute Gasteiger partial charge is 0.463 e. The lowest BCUT2D eigenvalue weighted by atomic mass is 10.1. The van der Waals surface area contributed by atoms with E-state index in [4.69, 9.17) is 9.47 Å². The van der Waals surface area contributed by atoms with Crippen LogP contribution in [-0.4, -0.2) is 21.8 Å². The van der Waals surface area contributed by atoms with E-state index in [0.29, 0.717) is 18.2 Å². The van der Waals surface area contributed by atoms with Gasteiger partial charge in [0, 0.05) is 16.8 Å². The van der Waals surface area contributed by atoms with Crippen LogP contribution >= 0.6 is 0 Å². The van der Waals surface area contributed by atoms with Gasteiger partial charge >= 0.3 is 6.01 Å². The molecule has 0 fully saturated rings. The molecule has 0 radical (unpaired) electrons. The molecule has 0 aliphatic carbocycles. The number of nitrogens with zero attached hydrogens (tertiary/aromatic N) is 3. The average molecular weight is 320 g/mol. The second-order valence-corrected chi connectivity index (χ2v) is 5.28. The summed E-state index contributed by atoms with van der Waals surface area (Å²) in [7, 11) is 0. The maximum Gasteiger partial charge on any atom is 0.339 e. The Morgan fingerprint density at radius 2 is 1.83 bits per heavy atom. The minimum absolute atomic E-state index is 0.211. The van der Waals surface area contributed by atoms with Crippen LogP contribution in [0.25, 0.3) is 11.3 Å². The van der Waals surface area contributed by atoms with Crippen LogP contribution in [0.1, 0.15) is 18.7 Å². The van der Waals surface area contributed by atoms with Gasteiger partial charge in [-0.25, -0.2) is 0 Å². The molecule has 1 aliphatic rings. The summed E-state index contributed by atoms with van der Waals surface area (Å²) >= 11 is 0. The molecule has 0 saturated carbocycles. The van der Waals surface area contributed by atoms with Gasteiger partial charge in [-0.15, -0.1) is 5.10 Å². The molecule has 6 heteroatoms. The lowest BCUT2D eigenvalue weighted by molar-refractivity contribution is 0.220. The van der Waals surface area contributed by atoms with Gasteiger partial charge in [-0.2, -0.15) is 4.98 Å². The molecule has 1 aliphatic heterocycles. The van der Waals surface area contributed by atoms with Gasteiger partial charge in [0.2, 0.25) is 5.88 Å². The average Bonchev–Trinajstić information content (AvgIpc) is 2.79. The molecule has 0 spiro atoms. The predicted octanol–water partition coefficient (Wildman–Crippen LogP) is 3.44. The highest BCUT2D eigenvalue weighted by atomic mass is 16.5. The monoisotopic (exact) mass is 320 g/mol. The van der Waals surface area contributed by atoms with Crippen LogP contribution in [-0.2, 0) is 0 Å². The van der Waals surface area contributed by atoms with Gasteiger partial charge in [0.25, 0.3) is 0 Å². The van der Waals surface area contributed by atoms with Gasteiger partial charge in [-0.3, -0.25) is 0 Å². The Kier molecular flexibility index (Phi) is 3.70. The van der Waals surface area contributed by atoms with Crippen LogP contribution in [0.15, 0.2) is 54.6 Å². The molecule has 1 aromatic heterocycles. The van der Waals surface area contributed by atoms with Crippen molar-refractivity contribution in [3.05, 3.63) is 60.2 Å². The zero-order valence-corrected chi connectivity index (χ0v) is 13.1. The summed E-state index contributed by atoms with van der Waals surface area (Å²) in [5, 5.41) is 11.7. The first-order valence-electron chi connectivity index (χ1n) is 7.80. The second kappa shape index (κ2) is 6.16. The molecular weight excluding hydrogens is 304 g/mol. The van der Waals surface area contributed by atoms with E-state index in [9.17, 15) is 0 Å². The first-order valence-corrected chi connectivity index (χ1v) is 7.80. The van der Waals surface area contributed by atoms with E-state index in [0.717, 1.165) is 16.8 Å². The molecule has 1 unspecified atom stereocenters. The summed E-state index contributed by atoms with van der Waals surface area (Å²) in [6, 6.07) is 18.0. The smallest absolute Gasteiger partial charge is 0.339 e. The molecule has 120 valence electrons. The van der Waals surface area contributed by atoms with Gasteiger partial charge in [-0.1, -0.05) is 53.6 Å². The molecule has 1 atom stereocenters. The van der Waals surface area contributed by atoms with Gasteiger partial charge in [0.15, 0.2) is 11.9 Å². The number of para-hydroxylation sites is 1. The van der Waals surface area contributed by atoms with Crippen LogP contribution in [0.2, 0.25) is 0 Å². The predicted molar refractivity (Wildman–Crippen MR) is 89.9 cm³/mol. The Labute approximate surface area is 139 Å². The summed E-state index contributed by atoms with van der Waals surface area (Å²) < 4.78 is 11.5. The number of anilines is 1. The number of nitrogens with one attached hydrogen (secondary N) is 1. The fourth-order valence-corrected chi connectivity index (χ4v) is 2.62. The van der Waals surface area contributed by atoms with E-state index in [1.165, 1.54) is 0 Å². The van der Waals surface area contributed by atoms with Crippen molar-refractivity contribution in [2.24, 2.45) is 0 Å². The third kappa shape index (κ3) is 2.62. The highest BCUT2D eigenvalue weighted by Crippen LogP contribution is 2.39. The highest BCUT2D eigenvalue weighted by Gasteiger charge is 2.25. The maximum absolute atomic E-state index is 6.11. The van der Waals surface area contributed by atoms with E-state index < -0.39 is 0 Å². The topological polar surface area (TPSA) is 69.2 Å². The number of hydrogen-bond donors (Lipinski definition) is 1. The number of fused-ring (bicyclic) bond motifs is 3.